The van der Waals surface area contributed by atoms with Crippen molar-refractivity contribution in [2.75, 3.05) is 18.5 Å². The van der Waals surface area contributed by atoms with Gasteiger partial charge in [-0.15, -0.1) is 0 Å². The number of carbonyl (C=O) groups excluding carboxylic acids is 1. The topological polar surface area (TPSA) is 118 Å². The van der Waals surface area contributed by atoms with Gasteiger partial charge in [0.15, 0.2) is 0 Å². The number of benzene rings is 2. The molecule has 0 saturated carbocycles. The van der Waals surface area contributed by atoms with Crippen LogP contribution in [0.2, 0.25) is 5.02 Å². The summed E-state index contributed by atoms with van der Waals surface area (Å²) in [6.45, 7) is 1.79. The lowest BCUT2D eigenvalue weighted by Crippen LogP contribution is -2.35. The van der Waals surface area contributed by atoms with E-state index in [1.807, 2.05) is 49.4 Å². The van der Waals surface area contributed by atoms with Crippen LogP contribution in [0, 0.1) is 0 Å². The first kappa shape index (κ1) is 24.2. The highest BCUT2D eigenvalue weighted by molar-refractivity contribution is 6.32. The van der Waals surface area contributed by atoms with E-state index in [0.29, 0.717) is 45.5 Å². The van der Waals surface area contributed by atoms with Gasteiger partial charge in [-0.2, -0.15) is 0 Å². The third-order valence-electron chi connectivity index (χ3n) is 4.98. The van der Waals surface area contributed by atoms with Gasteiger partial charge in [0.05, 0.1) is 28.2 Å². The smallest absolute Gasteiger partial charge is 0.245 e. The second-order valence-corrected chi connectivity index (χ2v) is 8.05. The van der Waals surface area contributed by atoms with Crippen LogP contribution in [0.25, 0.3) is 10.9 Å². The molecule has 0 radical (unpaired) electrons. The Balaban J connectivity index is 1.51. The maximum Gasteiger partial charge on any atom is 0.245 e. The number of hydrogen-bond donors (Lipinski definition) is 3. The summed E-state index contributed by atoms with van der Waals surface area (Å²) in [4.78, 5) is 24.3. The van der Waals surface area contributed by atoms with Crippen LogP contribution < -0.4 is 20.1 Å². The number of carbonyl (C=O) groups is 1. The Morgan fingerprint density at radius 3 is 2.74 bits per heavy atom. The van der Waals surface area contributed by atoms with Gasteiger partial charge in [0, 0.05) is 11.9 Å². The number of amides is 1. The fraction of sp³-hybridized carbons (Fsp3) is 0.200. The number of nitrogens with one attached hydrogen (secondary N) is 2. The molecule has 2 aromatic carbocycles. The highest BCUT2D eigenvalue weighted by Gasteiger charge is 2.14. The van der Waals surface area contributed by atoms with Crippen molar-refractivity contribution in [1.29, 1.82) is 0 Å². The molecule has 9 nitrogen and oxygen atoms in total. The van der Waals surface area contributed by atoms with E-state index in [1.54, 1.807) is 18.3 Å². The van der Waals surface area contributed by atoms with Gasteiger partial charge in [-0.1, -0.05) is 23.7 Å². The largest absolute Gasteiger partial charge is 0.488 e. The molecule has 0 bridgehead atoms. The van der Waals surface area contributed by atoms with Crippen LogP contribution in [-0.4, -0.2) is 45.2 Å². The molecule has 180 valence electrons. The third-order valence-corrected chi connectivity index (χ3v) is 5.27. The fourth-order valence-corrected chi connectivity index (χ4v) is 3.55. The van der Waals surface area contributed by atoms with Crippen LogP contribution >= 0.6 is 11.6 Å². The second kappa shape index (κ2) is 11.5. The number of hydrogen-bond acceptors (Lipinski definition) is 8. The first-order valence-electron chi connectivity index (χ1n) is 10.9. The molecule has 1 amide bonds. The number of nitrogens with zero attached hydrogens (tertiary/aromatic N) is 3. The molecule has 0 aliphatic rings. The Bertz CT molecular complexity index is 1300. The maximum absolute atomic E-state index is 11.3. The molecule has 2 heterocycles. The molecule has 10 heteroatoms. The molecule has 0 spiro atoms. The average molecular weight is 494 g/mol. The van der Waals surface area contributed by atoms with E-state index in [0.717, 1.165) is 5.69 Å². The summed E-state index contributed by atoms with van der Waals surface area (Å²) in [6.07, 6.45) is 2.82. The Kier molecular flexibility index (Phi) is 7.92. The monoisotopic (exact) mass is 493 g/mol. The fourth-order valence-electron chi connectivity index (χ4n) is 3.31. The van der Waals surface area contributed by atoms with Crippen molar-refractivity contribution in [3.05, 3.63) is 77.8 Å². The van der Waals surface area contributed by atoms with E-state index in [2.05, 4.69) is 25.6 Å². The predicted octanol–water partition coefficient (Wildman–Crippen LogP) is 3.88. The summed E-state index contributed by atoms with van der Waals surface area (Å²) < 4.78 is 11.8. The molecule has 0 aliphatic heterocycles. The number of aromatic nitrogens is 3. The van der Waals surface area contributed by atoms with Gasteiger partial charge in [-0.3, -0.25) is 9.78 Å². The van der Waals surface area contributed by atoms with Gasteiger partial charge >= 0.3 is 0 Å². The van der Waals surface area contributed by atoms with E-state index in [9.17, 15) is 4.79 Å². The molecule has 3 N–H and O–H groups in total. The Labute approximate surface area is 207 Å². The SMILES string of the molecule is CC(CNC(=O)CO)Oc1cccc2ncnc(Nc3ccc(OCc4ccccn4)c(Cl)c3)c12. The number of aliphatic hydroxyl groups excluding tert-OH is 1. The summed E-state index contributed by atoms with van der Waals surface area (Å²) in [5.74, 6) is 1.17. The van der Waals surface area contributed by atoms with E-state index in [4.69, 9.17) is 26.2 Å². The number of halogens is 1. The zero-order chi connectivity index (χ0) is 24.6. The van der Waals surface area contributed by atoms with Gasteiger partial charge in [0.25, 0.3) is 0 Å². The van der Waals surface area contributed by atoms with Crippen molar-refractivity contribution < 1.29 is 19.4 Å². The molecule has 2 aromatic heterocycles. The van der Waals surface area contributed by atoms with Crippen LogP contribution in [0.5, 0.6) is 11.5 Å². The first-order valence-corrected chi connectivity index (χ1v) is 11.3. The van der Waals surface area contributed by atoms with Gasteiger partial charge in [0.1, 0.15) is 43.0 Å². The highest BCUT2D eigenvalue weighted by atomic mass is 35.5. The lowest BCUT2D eigenvalue weighted by atomic mass is 10.2. The van der Waals surface area contributed by atoms with Crippen LogP contribution in [0.3, 0.4) is 0 Å². The third kappa shape index (κ3) is 6.34. The summed E-state index contributed by atoms with van der Waals surface area (Å²) >= 11 is 6.46. The summed E-state index contributed by atoms with van der Waals surface area (Å²) in [5.41, 5.74) is 2.20. The number of fused-ring (bicyclic) bond motifs is 1. The van der Waals surface area contributed by atoms with Crippen LogP contribution in [-0.2, 0) is 11.4 Å². The first-order chi connectivity index (χ1) is 17.0. The molecule has 1 unspecified atom stereocenters. The minimum atomic E-state index is -0.571. The molecule has 1 atom stereocenters. The number of anilines is 2. The molecule has 0 aliphatic carbocycles. The zero-order valence-electron chi connectivity index (χ0n) is 18.9. The van der Waals surface area contributed by atoms with Crippen LogP contribution in [0.15, 0.2) is 67.1 Å². The van der Waals surface area contributed by atoms with Gasteiger partial charge in [-0.05, 0) is 49.4 Å². The lowest BCUT2D eigenvalue weighted by Gasteiger charge is -2.18. The van der Waals surface area contributed by atoms with E-state index < -0.39 is 12.5 Å². The number of pyridine rings is 1. The molecular formula is C25H24ClN5O4. The number of rotatable bonds is 10. The van der Waals surface area contributed by atoms with E-state index in [-0.39, 0.29) is 12.6 Å². The minimum Gasteiger partial charge on any atom is -0.488 e. The van der Waals surface area contributed by atoms with E-state index >= 15 is 0 Å². The minimum absolute atomic E-state index is 0.238. The van der Waals surface area contributed by atoms with Crippen molar-refractivity contribution in [3.8, 4) is 11.5 Å². The maximum atomic E-state index is 11.3. The average Bonchev–Trinajstić information content (AvgIpc) is 2.87. The quantitative estimate of drug-likeness (QED) is 0.304. The predicted molar refractivity (Wildman–Crippen MR) is 133 cm³/mol. The number of aliphatic hydroxyl groups is 1. The van der Waals surface area contributed by atoms with Crippen LogP contribution in [0.1, 0.15) is 12.6 Å². The summed E-state index contributed by atoms with van der Waals surface area (Å²) in [5, 5.41) is 15.9. The molecule has 4 aromatic rings. The summed E-state index contributed by atoms with van der Waals surface area (Å²) in [6, 6.07) is 16.5. The Morgan fingerprint density at radius 2 is 1.97 bits per heavy atom. The van der Waals surface area contributed by atoms with Gasteiger partial charge < -0.3 is 25.2 Å². The normalized spacial score (nSPS) is 11.6. The number of ether oxygens (including phenoxy) is 2. The molecule has 0 fully saturated rings. The van der Waals surface area contributed by atoms with Gasteiger partial charge in [-0.25, -0.2) is 9.97 Å². The van der Waals surface area contributed by atoms with Crippen molar-refractivity contribution in [1.82, 2.24) is 20.3 Å². The lowest BCUT2D eigenvalue weighted by molar-refractivity contribution is -0.124. The Hall–Kier alpha value is -3.95. The molecule has 4 rings (SSSR count). The van der Waals surface area contributed by atoms with Gasteiger partial charge in [0.2, 0.25) is 5.91 Å². The van der Waals surface area contributed by atoms with Crippen molar-refractivity contribution in [3.63, 3.8) is 0 Å². The zero-order valence-corrected chi connectivity index (χ0v) is 19.7. The molecule has 35 heavy (non-hydrogen) atoms. The summed E-state index contributed by atoms with van der Waals surface area (Å²) in [7, 11) is 0. The Morgan fingerprint density at radius 1 is 1.09 bits per heavy atom. The molecular weight excluding hydrogens is 470 g/mol. The van der Waals surface area contributed by atoms with Crippen LogP contribution in [0.4, 0.5) is 11.5 Å². The van der Waals surface area contributed by atoms with E-state index in [1.165, 1.54) is 6.33 Å². The van der Waals surface area contributed by atoms with Crippen molar-refractivity contribution in [2.24, 2.45) is 0 Å². The molecule has 0 saturated heterocycles. The van der Waals surface area contributed by atoms with Crippen molar-refractivity contribution >= 4 is 39.9 Å². The van der Waals surface area contributed by atoms with Crippen molar-refractivity contribution in [2.45, 2.75) is 19.6 Å². The highest BCUT2D eigenvalue weighted by Crippen LogP contribution is 2.34. The standard InChI is InChI=1S/C25H24ClN5O4/c1-16(12-28-23(33)13-32)35-22-7-4-6-20-24(22)25(30-15-29-20)31-17-8-9-21(19(26)11-17)34-14-18-5-2-3-10-27-18/h2-11,15-16,32H,12-14H2,1H3,(H,28,33)(H,29,30,31). The second-order valence-electron chi connectivity index (χ2n) is 7.64.